The molecule has 4 aromatic carbocycles. The van der Waals surface area contributed by atoms with Crippen LogP contribution < -0.4 is 10.0 Å². The number of aryl methyl sites for hydroxylation is 1. The average molecular weight is 457 g/mol. The lowest BCUT2D eigenvalue weighted by Gasteiger charge is -2.30. The molecule has 0 saturated carbocycles. The maximum absolute atomic E-state index is 13.4. The number of benzene rings is 4. The molecule has 33 heavy (non-hydrogen) atoms. The second-order valence-corrected chi connectivity index (χ2v) is 9.79. The first-order valence-corrected chi connectivity index (χ1v) is 12.5. The maximum atomic E-state index is 13.4. The van der Waals surface area contributed by atoms with E-state index in [1.807, 2.05) is 97.9 Å². The van der Waals surface area contributed by atoms with E-state index >= 15 is 0 Å². The summed E-state index contributed by atoms with van der Waals surface area (Å²) < 4.78 is 29.8. The Balaban J connectivity index is 1.72. The molecule has 0 amide bonds. The topological polar surface area (TPSA) is 58.2 Å². The smallest absolute Gasteiger partial charge is 0.241 e. The molecule has 4 rings (SSSR count). The lowest BCUT2D eigenvalue weighted by molar-refractivity contribution is 0.421. The molecule has 0 fully saturated rings. The Morgan fingerprint density at radius 2 is 1.12 bits per heavy atom. The molecule has 0 heterocycles. The molecule has 5 heteroatoms. The highest BCUT2D eigenvalue weighted by molar-refractivity contribution is 7.89. The van der Waals surface area contributed by atoms with Gasteiger partial charge in [-0.1, -0.05) is 109 Å². The van der Waals surface area contributed by atoms with Gasteiger partial charge in [0, 0.05) is 6.54 Å². The lowest BCUT2D eigenvalue weighted by atomic mass is 9.94. The van der Waals surface area contributed by atoms with Crippen molar-refractivity contribution < 1.29 is 8.42 Å². The van der Waals surface area contributed by atoms with Crippen LogP contribution in [-0.4, -0.2) is 8.42 Å². The van der Waals surface area contributed by atoms with Gasteiger partial charge in [-0.2, -0.15) is 0 Å². The molecule has 0 bridgehead atoms. The first kappa shape index (κ1) is 22.9. The molecular weight excluding hydrogens is 428 g/mol. The van der Waals surface area contributed by atoms with Crippen LogP contribution >= 0.6 is 0 Å². The number of sulfonamides is 1. The minimum absolute atomic E-state index is 0.254. The Bertz CT molecular complexity index is 1240. The summed E-state index contributed by atoms with van der Waals surface area (Å²) in [6.45, 7) is 2.55. The van der Waals surface area contributed by atoms with Crippen LogP contribution in [-0.2, 0) is 16.6 Å². The van der Waals surface area contributed by atoms with E-state index in [4.69, 9.17) is 0 Å². The van der Waals surface area contributed by atoms with Gasteiger partial charge in [-0.15, -0.1) is 0 Å². The van der Waals surface area contributed by atoms with Crippen molar-refractivity contribution in [3.8, 4) is 0 Å². The fourth-order valence-electron chi connectivity index (χ4n) is 3.85. The van der Waals surface area contributed by atoms with Gasteiger partial charge in [-0.3, -0.25) is 0 Å². The predicted octanol–water partition coefficient (Wildman–Crippen LogP) is 5.55. The van der Waals surface area contributed by atoms with E-state index in [1.54, 1.807) is 12.1 Å². The molecule has 0 saturated heterocycles. The highest BCUT2D eigenvalue weighted by atomic mass is 32.2. The van der Waals surface area contributed by atoms with E-state index in [0.717, 1.165) is 22.3 Å². The van der Waals surface area contributed by atoms with Crippen molar-refractivity contribution in [3.05, 3.63) is 138 Å². The monoisotopic (exact) mass is 456 g/mol. The summed E-state index contributed by atoms with van der Waals surface area (Å²) in [5, 5.41) is 3.61. The molecule has 0 radical (unpaired) electrons. The highest BCUT2D eigenvalue weighted by Crippen LogP contribution is 2.31. The fraction of sp³-hybridized carbons (Fsp3) is 0.143. The Morgan fingerprint density at radius 1 is 0.636 bits per heavy atom. The van der Waals surface area contributed by atoms with Gasteiger partial charge in [0.15, 0.2) is 0 Å². The SMILES string of the molecule is Cc1ccc(S(=O)(=O)N[C@H](c2ccccc2)[C@H](NCc2ccccc2)c2ccccc2)cc1. The zero-order valence-corrected chi connectivity index (χ0v) is 19.4. The summed E-state index contributed by atoms with van der Waals surface area (Å²) in [5.74, 6) is 0. The van der Waals surface area contributed by atoms with Gasteiger partial charge >= 0.3 is 0 Å². The standard InChI is InChI=1S/C28H28N2O2S/c1-22-17-19-26(20-18-22)33(31,32)30-28(25-15-9-4-10-16-25)27(24-13-7-3-8-14-24)29-21-23-11-5-2-6-12-23/h2-20,27-30H,21H2,1H3/t27-,28-/m1/s1. The summed E-state index contributed by atoms with van der Waals surface area (Å²) in [5.41, 5.74) is 4.04. The van der Waals surface area contributed by atoms with E-state index in [-0.39, 0.29) is 10.9 Å². The molecule has 0 unspecified atom stereocenters. The second-order valence-electron chi connectivity index (χ2n) is 8.08. The third-order valence-electron chi connectivity index (χ3n) is 5.63. The number of hydrogen-bond acceptors (Lipinski definition) is 3. The molecule has 2 atom stereocenters. The maximum Gasteiger partial charge on any atom is 0.241 e. The van der Waals surface area contributed by atoms with Gasteiger partial charge in [-0.25, -0.2) is 13.1 Å². The minimum Gasteiger partial charge on any atom is -0.304 e. The van der Waals surface area contributed by atoms with Gasteiger partial charge < -0.3 is 5.32 Å². The van der Waals surface area contributed by atoms with Crippen LogP contribution in [0.4, 0.5) is 0 Å². The summed E-state index contributed by atoms with van der Waals surface area (Å²) in [4.78, 5) is 0.254. The Morgan fingerprint density at radius 3 is 1.67 bits per heavy atom. The van der Waals surface area contributed by atoms with Crippen molar-refractivity contribution in [2.24, 2.45) is 0 Å². The van der Waals surface area contributed by atoms with Crippen molar-refractivity contribution >= 4 is 10.0 Å². The van der Waals surface area contributed by atoms with Crippen molar-refractivity contribution in [1.29, 1.82) is 0 Å². The van der Waals surface area contributed by atoms with E-state index < -0.39 is 16.1 Å². The van der Waals surface area contributed by atoms with Crippen LogP contribution in [0.25, 0.3) is 0 Å². The zero-order chi connectivity index (χ0) is 23.1. The first-order chi connectivity index (χ1) is 16.0. The van der Waals surface area contributed by atoms with Crippen LogP contribution in [0.3, 0.4) is 0 Å². The molecular formula is C28H28N2O2S. The number of hydrogen-bond donors (Lipinski definition) is 2. The molecule has 4 aromatic rings. The molecule has 168 valence electrons. The van der Waals surface area contributed by atoms with Crippen molar-refractivity contribution in [3.63, 3.8) is 0 Å². The number of nitrogens with one attached hydrogen (secondary N) is 2. The van der Waals surface area contributed by atoms with Gasteiger partial charge in [0.1, 0.15) is 0 Å². The van der Waals surface area contributed by atoms with E-state index in [2.05, 4.69) is 22.2 Å². The van der Waals surface area contributed by atoms with Gasteiger partial charge in [0.2, 0.25) is 10.0 Å². The van der Waals surface area contributed by atoms with Crippen LogP contribution in [0, 0.1) is 6.92 Å². The third kappa shape index (κ3) is 5.96. The third-order valence-corrected chi connectivity index (χ3v) is 7.09. The van der Waals surface area contributed by atoms with Crippen LogP contribution in [0.15, 0.2) is 120 Å². The van der Waals surface area contributed by atoms with Crippen molar-refractivity contribution in [2.75, 3.05) is 0 Å². The molecule has 0 aliphatic carbocycles. The van der Waals surface area contributed by atoms with Gasteiger partial charge in [0.05, 0.1) is 17.0 Å². The van der Waals surface area contributed by atoms with Gasteiger partial charge in [0.25, 0.3) is 0 Å². The quantitative estimate of drug-likeness (QED) is 0.347. The summed E-state index contributed by atoms with van der Waals surface area (Å²) in [6, 6.07) is 35.9. The number of rotatable bonds is 9. The second kappa shape index (κ2) is 10.6. The normalized spacial score (nSPS) is 13.4. The lowest BCUT2D eigenvalue weighted by Crippen LogP contribution is -2.38. The Hall–Kier alpha value is -3.25. The molecule has 4 nitrogen and oxygen atoms in total. The predicted molar refractivity (Wildman–Crippen MR) is 133 cm³/mol. The zero-order valence-electron chi connectivity index (χ0n) is 18.6. The molecule has 2 N–H and O–H groups in total. The van der Waals surface area contributed by atoms with Crippen LogP contribution in [0.2, 0.25) is 0 Å². The van der Waals surface area contributed by atoms with E-state index in [0.29, 0.717) is 6.54 Å². The highest BCUT2D eigenvalue weighted by Gasteiger charge is 2.29. The van der Waals surface area contributed by atoms with Crippen molar-refractivity contribution in [1.82, 2.24) is 10.0 Å². The fourth-order valence-corrected chi connectivity index (χ4v) is 5.09. The van der Waals surface area contributed by atoms with E-state index in [9.17, 15) is 8.42 Å². The average Bonchev–Trinajstić information content (AvgIpc) is 2.85. The largest absolute Gasteiger partial charge is 0.304 e. The molecule has 0 aliphatic rings. The molecule has 0 aromatic heterocycles. The Kier molecular flexibility index (Phi) is 7.35. The van der Waals surface area contributed by atoms with Crippen LogP contribution in [0.5, 0.6) is 0 Å². The van der Waals surface area contributed by atoms with Gasteiger partial charge in [-0.05, 0) is 35.7 Å². The Labute approximate surface area is 196 Å². The minimum atomic E-state index is -3.75. The summed E-state index contributed by atoms with van der Waals surface area (Å²) in [7, 11) is -3.75. The first-order valence-electron chi connectivity index (χ1n) is 11.0. The van der Waals surface area contributed by atoms with Crippen LogP contribution in [0.1, 0.15) is 34.3 Å². The molecule has 0 aliphatic heterocycles. The summed E-state index contributed by atoms with van der Waals surface area (Å²) >= 11 is 0. The molecule has 0 spiro atoms. The van der Waals surface area contributed by atoms with E-state index in [1.165, 1.54) is 0 Å². The van der Waals surface area contributed by atoms with Crippen molar-refractivity contribution in [2.45, 2.75) is 30.4 Å². The summed E-state index contributed by atoms with van der Waals surface area (Å²) in [6.07, 6.45) is 0.